The number of ether oxygens (including phenoxy) is 1. The summed E-state index contributed by atoms with van der Waals surface area (Å²) in [5.74, 6) is 0.523. The van der Waals surface area contributed by atoms with Crippen molar-refractivity contribution in [2.75, 3.05) is 0 Å². The number of halogens is 1. The summed E-state index contributed by atoms with van der Waals surface area (Å²) >= 11 is 5.93. The maximum atomic E-state index is 5.98. The van der Waals surface area contributed by atoms with Gasteiger partial charge in [0.15, 0.2) is 5.52 Å². The third kappa shape index (κ3) is 1.86. The van der Waals surface area contributed by atoms with Gasteiger partial charge in [-0.05, 0) is 54.8 Å². The predicted molar refractivity (Wildman–Crippen MR) is 72.3 cm³/mol. The number of nitrogens with zero attached hydrogens (tertiary/aromatic N) is 3. The van der Waals surface area contributed by atoms with E-state index < -0.39 is 0 Å². The Morgan fingerprint density at radius 3 is 2.84 bits per heavy atom. The average Bonchev–Trinajstić information content (AvgIpc) is 2.30. The summed E-state index contributed by atoms with van der Waals surface area (Å²) in [6.07, 6.45) is 8.35. The van der Waals surface area contributed by atoms with Crippen molar-refractivity contribution in [3.05, 3.63) is 23.6 Å². The van der Waals surface area contributed by atoms with Gasteiger partial charge in [0.1, 0.15) is 6.10 Å². The second kappa shape index (κ2) is 4.04. The Morgan fingerprint density at radius 2 is 2.11 bits per heavy atom. The van der Waals surface area contributed by atoms with Crippen LogP contribution in [0.4, 0.5) is 0 Å². The molecule has 4 nitrogen and oxygen atoms in total. The lowest BCUT2D eigenvalue weighted by Gasteiger charge is -2.53. The van der Waals surface area contributed by atoms with Crippen molar-refractivity contribution in [1.29, 1.82) is 0 Å². The average molecular weight is 276 g/mol. The van der Waals surface area contributed by atoms with Crippen molar-refractivity contribution >= 4 is 22.6 Å². The number of hydrogen-bond acceptors (Lipinski definition) is 4. The Hall–Kier alpha value is -1.42. The molecule has 5 heteroatoms. The van der Waals surface area contributed by atoms with E-state index in [4.69, 9.17) is 16.3 Å². The van der Waals surface area contributed by atoms with E-state index >= 15 is 0 Å². The van der Waals surface area contributed by atoms with E-state index in [2.05, 4.69) is 15.0 Å². The van der Waals surface area contributed by atoms with Gasteiger partial charge in [0.05, 0.1) is 5.52 Å². The standard InChI is InChI=1S/C14H14ClN3O/c15-13-17-10-3-1-6-16-11(10)12(18-13)19-9-7-14(8-9)4-2-5-14/h1,3,6,9H,2,4-5,7-8H2. The number of fused-ring (bicyclic) bond motifs is 1. The fourth-order valence-electron chi connectivity index (χ4n) is 3.23. The Kier molecular flexibility index (Phi) is 2.42. The maximum Gasteiger partial charge on any atom is 0.245 e. The molecule has 2 heterocycles. The molecule has 0 saturated heterocycles. The highest BCUT2D eigenvalue weighted by atomic mass is 35.5. The Labute approximate surface area is 116 Å². The number of hydrogen-bond donors (Lipinski definition) is 0. The third-order valence-electron chi connectivity index (χ3n) is 4.41. The van der Waals surface area contributed by atoms with Crippen molar-refractivity contribution in [1.82, 2.24) is 15.0 Å². The fourth-order valence-corrected chi connectivity index (χ4v) is 3.40. The molecule has 2 saturated carbocycles. The molecule has 0 unspecified atom stereocenters. The topological polar surface area (TPSA) is 47.9 Å². The largest absolute Gasteiger partial charge is 0.473 e. The Bertz CT molecular complexity index is 634. The maximum absolute atomic E-state index is 5.98. The van der Waals surface area contributed by atoms with Crippen LogP contribution in [0.2, 0.25) is 5.28 Å². The SMILES string of the molecule is Clc1nc(OC2CC3(CCC3)C2)c2ncccc2n1. The minimum absolute atomic E-state index is 0.216. The zero-order chi connectivity index (χ0) is 12.9. The van der Waals surface area contributed by atoms with Crippen molar-refractivity contribution in [3.63, 3.8) is 0 Å². The highest BCUT2D eigenvalue weighted by Crippen LogP contribution is 2.56. The monoisotopic (exact) mass is 275 g/mol. The summed E-state index contributed by atoms with van der Waals surface area (Å²) < 4.78 is 5.98. The van der Waals surface area contributed by atoms with Crippen LogP contribution < -0.4 is 4.74 Å². The van der Waals surface area contributed by atoms with Gasteiger partial charge < -0.3 is 4.74 Å². The molecule has 2 fully saturated rings. The van der Waals surface area contributed by atoms with Gasteiger partial charge in [-0.1, -0.05) is 6.42 Å². The first kappa shape index (κ1) is 11.4. The molecule has 0 bridgehead atoms. The molecule has 0 N–H and O–H groups in total. The Balaban J connectivity index is 1.60. The van der Waals surface area contributed by atoms with E-state index in [0.717, 1.165) is 18.4 Å². The minimum Gasteiger partial charge on any atom is -0.473 e. The summed E-state index contributed by atoms with van der Waals surface area (Å²) in [6.45, 7) is 0. The predicted octanol–water partition coefficient (Wildman–Crippen LogP) is 3.39. The van der Waals surface area contributed by atoms with Gasteiger partial charge in [-0.2, -0.15) is 4.98 Å². The van der Waals surface area contributed by atoms with E-state index in [9.17, 15) is 0 Å². The van der Waals surface area contributed by atoms with Crippen molar-refractivity contribution in [2.24, 2.45) is 5.41 Å². The van der Waals surface area contributed by atoms with E-state index in [1.54, 1.807) is 6.20 Å². The summed E-state index contributed by atoms with van der Waals surface area (Å²) in [5.41, 5.74) is 2.02. The first-order valence-electron chi connectivity index (χ1n) is 6.69. The van der Waals surface area contributed by atoms with E-state index in [-0.39, 0.29) is 11.4 Å². The van der Waals surface area contributed by atoms with Gasteiger partial charge in [0, 0.05) is 6.20 Å². The zero-order valence-electron chi connectivity index (χ0n) is 10.5. The van der Waals surface area contributed by atoms with Crippen LogP contribution >= 0.6 is 11.6 Å². The second-order valence-electron chi connectivity index (χ2n) is 5.67. The van der Waals surface area contributed by atoms with Crippen molar-refractivity contribution < 1.29 is 4.74 Å². The molecule has 0 atom stereocenters. The van der Waals surface area contributed by atoms with Crippen LogP contribution in [0.25, 0.3) is 11.0 Å². The van der Waals surface area contributed by atoms with E-state index in [1.807, 2.05) is 12.1 Å². The van der Waals surface area contributed by atoms with Gasteiger partial charge >= 0.3 is 0 Å². The molecule has 1 spiro atoms. The lowest BCUT2D eigenvalue weighted by Crippen LogP contribution is -2.48. The molecule has 0 aliphatic heterocycles. The first-order valence-corrected chi connectivity index (χ1v) is 7.07. The van der Waals surface area contributed by atoms with Crippen molar-refractivity contribution in [3.8, 4) is 5.88 Å². The van der Waals surface area contributed by atoms with Crippen LogP contribution in [0, 0.1) is 5.41 Å². The van der Waals surface area contributed by atoms with Crippen LogP contribution in [-0.4, -0.2) is 21.1 Å². The summed E-state index contributed by atoms with van der Waals surface area (Å²) in [7, 11) is 0. The molecular weight excluding hydrogens is 262 g/mol. The van der Waals surface area contributed by atoms with Gasteiger partial charge in [0.25, 0.3) is 0 Å². The van der Waals surface area contributed by atoms with E-state index in [1.165, 1.54) is 19.3 Å². The van der Waals surface area contributed by atoms with Crippen LogP contribution in [0.5, 0.6) is 5.88 Å². The first-order chi connectivity index (χ1) is 9.24. The summed E-state index contributed by atoms with van der Waals surface area (Å²) in [6, 6.07) is 3.71. The molecule has 98 valence electrons. The second-order valence-corrected chi connectivity index (χ2v) is 6.01. The smallest absolute Gasteiger partial charge is 0.245 e. The number of pyridine rings is 1. The van der Waals surface area contributed by atoms with Gasteiger partial charge in [0.2, 0.25) is 11.2 Å². The number of rotatable bonds is 2. The van der Waals surface area contributed by atoms with Gasteiger partial charge in [-0.25, -0.2) is 9.97 Å². The van der Waals surface area contributed by atoms with Crippen LogP contribution in [0.1, 0.15) is 32.1 Å². The molecule has 19 heavy (non-hydrogen) atoms. The lowest BCUT2D eigenvalue weighted by molar-refractivity contribution is -0.0691. The van der Waals surface area contributed by atoms with Gasteiger partial charge in [-0.15, -0.1) is 0 Å². The minimum atomic E-state index is 0.216. The molecule has 2 aromatic heterocycles. The van der Waals surface area contributed by atoms with Crippen LogP contribution in [0.3, 0.4) is 0 Å². The molecule has 0 radical (unpaired) electrons. The highest BCUT2D eigenvalue weighted by molar-refractivity contribution is 6.28. The summed E-state index contributed by atoms with van der Waals surface area (Å²) in [5, 5.41) is 0.216. The molecule has 0 amide bonds. The summed E-state index contributed by atoms with van der Waals surface area (Å²) in [4.78, 5) is 12.6. The molecule has 2 aliphatic rings. The quantitative estimate of drug-likeness (QED) is 0.788. The highest BCUT2D eigenvalue weighted by Gasteiger charge is 2.49. The lowest BCUT2D eigenvalue weighted by atomic mass is 9.55. The molecule has 2 aliphatic carbocycles. The Morgan fingerprint density at radius 1 is 1.26 bits per heavy atom. The zero-order valence-corrected chi connectivity index (χ0v) is 11.2. The third-order valence-corrected chi connectivity index (χ3v) is 4.58. The van der Waals surface area contributed by atoms with Crippen LogP contribution in [0.15, 0.2) is 18.3 Å². The fraction of sp³-hybridized carbons (Fsp3) is 0.500. The number of aromatic nitrogens is 3. The van der Waals surface area contributed by atoms with Crippen LogP contribution in [-0.2, 0) is 0 Å². The van der Waals surface area contributed by atoms with E-state index in [0.29, 0.717) is 16.8 Å². The normalized spacial score (nSPS) is 21.1. The van der Waals surface area contributed by atoms with Crippen molar-refractivity contribution in [2.45, 2.75) is 38.2 Å². The molecule has 2 aromatic rings. The molecular formula is C14H14ClN3O. The van der Waals surface area contributed by atoms with Gasteiger partial charge in [-0.3, -0.25) is 0 Å². The molecule has 4 rings (SSSR count). The molecule has 0 aromatic carbocycles.